The lowest BCUT2D eigenvalue weighted by molar-refractivity contribution is 0.625. The number of rotatable bonds is 0. The topological polar surface area (TPSA) is 25.5 Å². The third-order valence-electron chi connectivity index (χ3n) is 2.61. The summed E-state index contributed by atoms with van der Waals surface area (Å²) in [6, 6.07) is 8.02. The van der Waals surface area contributed by atoms with Crippen LogP contribution in [0.4, 0.5) is 5.88 Å². The monoisotopic (exact) mass is 197 g/mol. The van der Waals surface area contributed by atoms with E-state index >= 15 is 0 Å². The molecule has 0 spiro atoms. The average Bonchev–Trinajstić information content (AvgIpc) is 2.51. The molecule has 2 heteroatoms. The second-order valence-electron chi connectivity index (χ2n) is 3.81. The summed E-state index contributed by atoms with van der Waals surface area (Å²) in [4.78, 5) is 4.35. The predicted molar refractivity (Wildman–Crippen MR) is 62.6 cm³/mol. The van der Waals surface area contributed by atoms with Crippen LogP contribution in [0.25, 0.3) is 17.0 Å². The van der Waals surface area contributed by atoms with E-state index in [4.69, 9.17) is 4.42 Å². The maximum Gasteiger partial charge on any atom is 0.226 e. The number of allylic oxidation sites excluding steroid dienone is 1. The van der Waals surface area contributed by atoms with E-state index in [2.05, 4.69) is 30.1 Å². The second-order valence-corrected chi connectivity index (χ2v) is 3.81. The fourth-order valence-corrected chi connectivity index (χ4v) is 1.79. The fraction of sp³-hybridized carbons (Fsp3) is 0.154. The number of nitrogens with zero attached hydrogens (tertiary/aromatic N) is 1. The van der Waals surface area contributed by atoms with Crippen molar-refractivity contribution in [3.8, 4) is 0 Å². The highest BCUT2D eigenvalue weighted by Crippen LogP contribution is 2.34. The van der Waals surface area contributed by atoms with Crippen molar-refractivity contribution < 1.29 is 4.42 Å². The SMILES string of the molecule is C[C@H]1C=Cc2c(oc3ccccc23)N=C1. The molecule has 0 fully saturated rings. The normalized spacial score (nSPS) is 19.1. The molecule has 0 saturated heterocycles. The van der Waals surface area contributed by atoms with Crippen molar-refractivity contribution in [3.05, 3.63) is 35.9 Å². The Kier molecular flexibility index (Phi) is 1.75. The number of para-hydroxylation sites is 1. The lowest BCUT2D eigenvalue weighted by Gasteiger charge is -1.91. The van der Waals surface area contributed by atoms with Gasteiger partial charge in [0.1, 0.15) is 5.58 Å². The van der Waals surface area contributed by atoms with Gasteiger partial charge in [0.05, 0.1) is 0 Å². The predicted octanol–water partition coefficient (Wildman–Crippen LogP) is 3.80. The number of hydrogen-bond acceptors (Lipinski definition) is 2. The Balaban J connectivity index is 2.33. The van der Waals surface area contributed by atoms with Crippen LogP contribution >= 0.6 is 0 Å². The molecule has 0 radical (unpaired) electrons. The molecule has 0 unspecified atom stereocenters. The number of hydrogen-bond donors (Lipinski definition) is 0. The minimum Gasteiger partial charge on any atom is -0.438 e. The molecular formula is C13H11NO. The van der Waals surface area contributed by atoms with Gasteiger partial charge in [-0.1, -0.05) is 37.3 Å². The van der Waals surface area contributed by atoms with E-state index in [1.165, 1.54) is 0 Å². The molecule has 1 aromatic carbocycles. The maximum absolute atomic E-state index is 5.67. The van der Waals surface area contributed by atoms with E-state index < -0.39 is 0 Å². The van der Waals surface area contributed by atoms with Gasteiger partial charge in [0, 0.05) is 23.1 Å². The standard InChI is InChI=1S/C13H11NO/c1-9-6-7-11-10-4-2-3-5-12(10)15-13(11)14-8-9/h2-9H,1H3/t9-/m0/s1. The van der Waals surface area contributed by atoms with Crippen LogP contribution in [0.2, 0.25) is 0 Å². The molecule has 2 heterocycles. The van der Waals surface area contributed by atoms with Gasteiger partial charge in [-0.15, -0.1) is 0 Å². The molecular weight excluding hydrogens is 186 g/mol. The summed E-state index contributed by atoms with van der Waals surface area (Å²) in [7, 11) is 0. The van der Waals surface area contributed by atoms with E-state index in [-0.39, 0.29) is 0 Å². The highest BCUT2D eigenvalue weighted by Gasteiger charge is 2.12. The number of aliphatic imine (C=N–C) groups is 1. The van der Waals surface area contributed by atoms with E-state index in [9.17, 15) is 0 Å². The fourth-order valence-electron chi connectivity index (χ4n) is 1.79. The molecule has 1 aliphatic rings. The largest absolute Gasteiger partial charge is 0.438 e. The summed E-state index contributed by atoms with van der Waals surface area (Å²) in [5, 5.41) is 1.13. The zero-order chi connectivity index (χ0) is 10.3. The van der Waals surface area contributed by atoms with Gasteiger partial charge in [-0.2, -0.15) is 0 Å². The van der Waals surface area contributed by atoms with Crippen molar-refractivity contribution in [3.63, 3.8) is 0 Å². The highest BCUT2D eigenvalue weighted by atomic mass is 16.3. The van der Waals surface area contributed by atoms with Crippen molar-refractivity contribution in [1.29, 1.82) is 0 Å². The minimum absolute atomic E-state index is 0.367. The summed E-state index contributed by atoms with van der Waals surface area (Å²) >= 11 is 0. The summed E-state index contributed by atoms with van der Waals surface area (Å²) < 4.78 is 5.67. The Hall–Kier alpha value is -1.83. The molecule has 0 saturated carbocycles. The first-order valence-corrected chi connectivity index (χ1v) is 5.08. The molecule has 1 atom stereocenters. The third-order valence-corrected chi connectivity index (χ3v) is 2.61. The summed E-state index contributed by atoms with van der Waals surface area (Å²) in [6.45, 7) is 2.11. The first-order chi connectivity index (χ1) is 7.34. The van der Waals surface area contributed by atoms with Crippen molar-refractivity contribution in [2.45, 2.75) is 6.92 Å². The molecule has 0 N–H and O–H groups in total. The average molecular weight is 197 g/mol. The Bertz CT molecular complexity index is 563. The Morgan fingerprint density at radius 3 is 3.07 bits per heavy atom. The molecule has 1 aromatic heterocycles. The van der Waals surface area contributed by atoms with Crippen molar-refractivity contribution >= 4 is 29.1 Å². The van der Waals surface area contributed by atoms with E-state index in [0.717, 1.165) is 22.4 Å². The summed E-state index contributed by atoms with van der Waals surface area (Å²) in [6.07, 6.45) is 6.14. The minimum atomic E-state index is 0.367. The molecule has 2 aromatic rings. The molecule has 1 aliphatic heterocycles. The van der Waals surface area contributed by atoms with Gasteiger partial charge in [0.25, 0.3) is 0 Å². The first-order valence-electron chi connectivity index (χ1n) is 5.08. The molecule has 15 heavy (non-hydrogen) atoms. The highest BCUT2D eigenvalue weighted by molar-refractivity contribution is 5.93. The third kappa shape index (κ3) is 1.30. The van der Waals surface area contributed by atoms with Gasteiger partial charge < -0.3 is 4.42 Å². The van der Waals surface area contributed by atoms with Gasteiger partial charge in [-0.3, -0.25) is 0 Å². The van der Waals surface area contributed by atoms with Crippen LogP contribution in [0.5, 0.6) is 0 Å². The first kappa shape index (κ1) is 8.48. The van der Waals surface area contributed by atoms with E-state index in [1.807, 2.05) is 24.4 Å². The van der Waals surface area contributed by atoms with E-state index in [0.29, 0.717) is 5.92 Å². The Morgan fingerprint density at radius 1 is 1.27 bits per heavy atom. The van der Waals surface area contributed by atoms with Crippen LogP contribution in [0, 0.1) is 5.92 Å². The smallest absolute Gasteiger partial charge is 0.226 e. The van der Waals surface area contributed by atoms with Crippen LogP contribution in [-0.2, 0) is 0 Å². The lowest BCUT2D eigenvalue weighted by atomic mass is 10.1. The van der Waals surface area contributed by atoms with Gasteiger partial charge >= 0.3 is 0 Å². The van der Waals surface area contributed by atoms with Crippen molar-refractivity contribution in [2.75, 3.05) is 0 Å². The molecule has 74 valence electrons. The van der Waals surface area contributed by atoms with Gasteiger partial charge in [-0.25, -0.2) is 4.99 Å². The number of fused-ring (bicyclic) bond motifs is 3. The van der Waals surface area contributed by atoms with Crippen LogP contribution in [0.3, 0.4) is 0 Å². The van der Waals surface area contributed by atoms with Crippen LogP contribution < -0.4 is 0 Å². The van der Waals surface area contributed by atoms with Crippen molar-refractivity contribution in [2.24, 2.45) is 10.9 Å². The molecule has 0 amide bonds. The van der Waals surface area contributed by atoms with Crippen molar-refractivity contribution in [1.82, 2.24) is 0 Å². The Morgan fingerprint density at radius 2 is 2.13 bits per heavy atom. The maximum atomic E-state index is 5.67. The molecule has 2 nitrogen and oxygen atoms in total. The van der Waals surface area contributed by atoms with Crippen LogP contribution in [0.15, 0.2) is 39.8 Å². The molecule has 0 aliphatic carbocycles. The summed E-state index contributed by atoms with van der Waals surface area (Å²) in [5.41, 5.74) is 1.99. The lowest BCUT2D eigenvalue weighted by Crippen LogP contribution is -1.86. The van der Waals surface area contributed by atoms with Crippen LogP contribution in [-0.4, -0.2) is 6.21 Å². The number of benzene rings is 1. The van der Waals surface area contributed by atoms with Gasteiger partial charge in [-0.05, 0) is 6.07 Å². The Labute approximate surface area is 87.9 Å². The molecule has 3 rings (SSSR count). The second kappa shape index (κ2) is 3.09. The quantitative estimate of drug-likeness (QED) is 0.630. The molecule has 0 bridgehead atoms. The van der Waals surface area contributed by atoms with Gasteiger partial charge in [0.2, 0.25) is 5.88 Å². The summed E-state index contributed by atoms with van der Waals surface area (Å²) in [5.74, 6) is 1.09. The van der Waals surface area contributed by atoms with E-state index in [1.54, 1.807) is 0 Å². The zero-order valence-electron chi connectivity index (χ0n) is 8.47. The van der Waals surface area contributed by atoms with Gasteiger partial charge in [0.15, 0.2) is 0 Å². The van der Waals surface area contributed by atoms with Crippen LogP contribution in [0.1, 0.15) is 12.5 Å². The zero-order valence-corrected chi connectivity index (χ0v) is 8.47. The number of furan rings is 1.